The maximum absolute atomic E-state index is 12.9. The average Bonchev–Trinajstić information content (AvgIpc) is 2.58. The van der Waals surface area contributed by atoms with Crippen LogP contribution in [-0.2, 0) is 4.79 Å². The van der Waals surface area contributed by atoms with Crippen molar-refractivity contribution >= 4 is 41.1 Å². The van der Waals surface area contributed by atoms with Crippen molar-refractivity contribution in [3.8, 4) is 0 Å². The minimum atomic E-state index is 0.138. The summed E-state index contributed by atoms with van der Waals surface area (Å²) in [6, 6.07) is 15.1. The van der Waals surface area contributed by atoms with E-state index in [1.165, 1.54) is 0 Å². The standard InChI is InChI=1S/C21H18Cl2O/c1-14-2-7-17(12-15-3-8-18(22)9-4-15)21(24)20(14)13-16-5-10-19(23)11-6-16/h3-6,8-14H,2,7H2,1H3/b17-12-,20-13+. The summed E-state index contributed by atoms with van der Waals surface area (Å²) in [5.74, 6) is 0.397. The zero-order chi connectivity index (χ0) is 17.1. The number of allylic oxidation sites excluding steroid dienone is 2. The fourth-order valence-corrected chi connectivity index (χ4v) is 3.15. The van der Waals surface area contributed by atoms with Gasteiger partial charge in [-0.1, -0.05) is 54.4 Å². The van der Waals surface area contributed by atoms with Crippen molar-refractivity contribution < 1.29 is 4.79 Å². The van der Waals surface area contributed by atoms with Crippen LogP contribution in [0.2, 0.25) is 10.0 Å². The van der Waals surface area contributed by atoms with E-state index in [2.05, 4.69) is 6.92 Å². The number of carbonyl (C=O) groups is 1. The molecule has 2 aromatic rings. The lowest BCUT2D eigenvalue weighted by molar-refractivity contribution is -0.113. The lowest BCUT2D eigenvalue weighted by Crippen LogP contribution is -2.19. The molecule has 0 aromatic heterocycles. The van der Waals surface area contributed by atoms with Crippen LogP contribution in [0.1, 0.15) is 30.9 Å². The Morgan fingerprint density at radius 2 is 1.38 bits per heavy atom. The zero-order valence-corrected chi connectivity index (χ0v) is 14.9. The van der Waals surface area contributed by atoms with Crippen LogP contribution in [-0.4, -0.2) is 5.78 Å². The van der Waals surface area contributed by atoms with E-state index in [-0.39, 0.29) is 11.7 Å². The van der Waals surface area contributed by atoms with Crippen molar-refractivity contribution in [1.29, 1.82) is 0 Å². The molecule has 0 bridgehead atoms. The Balaban J connectivity index is 1.91. The molecule has 0 aliphatic heterocycles. The lowest BCUT2D eigenvalue weighted by atomic mass is 9.80. The van der Waals surface area contributed by atoms with Crippen molar-refractivity contribution in [2.45, 2.75) is 19.8 Å². The number of carbonyl (C=O) groups excluding carboxylic acids is 1. The van der Waals surface area contributed by atoms with Gasteiger partial charge in [-0.05, 0) is 66.3 Å². The van der Waals surface area contributed by atoms with Crippen LogP contribution < -0.4 is 0 Å². The van der Waals surface area contributed by atoms with Gasteiger partial charge in [0, 0.05) is 21.2 Å². The Morgan fingerprint density at radius 3 is 1.92 bits per heavy atom. The first-order valence-electron chi connectivity index (χ1n) is 8.01. The quantitative estimate of drug-likeness (QED) is 0.564. The van der Waals surface area contributed by atoms with Gasteiger partial charge >= 0.3 is 0 Å². The maximum Gasteiger partial charge on any atom is 0.185 e. The minimum Gasteiger partial charge on any atom is -0.289 e. The molecule has 122 valence electrons. The van der Waals surface area contributed by atoms with Gasteiger partial charge in [0.15, 0.2) is 5.78 Å². The first kappa shape index (κ1) is 17.0. The van der Waals surface area contributed by atoms with Crippen LogP contribution in [0.15, 0.2) is 59.7 Å². The molecule has 0 radical (unpaired) electrons. The highest BCUT2D eigenvalue weighted by molar-refractivity contribution is 6.30. The summed E-state index contributed by atoms with van der Waals surface area (Å²) in [5, 5.41) is 1.40. The third-order valence-electron chi connectivity index (χ3n) is 4.33. The second-order valence-electron chi connectivity index (χ2n) is 6.14. The van der Waals surface area contributed by atoms with Gasteiger partial charge in [-0.3, -0.25) is 4.79 Å². The Morgan fingerprint density at radius 1 is 0.875 bits per heavy atom. The highest BCUT2D eigenvalue weighted by atomic mass is 35.5. The van der Waals surface area contributed by atoms with Gasteiger partial charge in [0.05, 0.1) is 0 Å². The summed E-state index contributed by atoms with van der Waals surface area (Å²) in [5.41, 5.74) is 3.73. The molecule has 24 heavy (non-hydrogen) atoms. The Hall–Kier alpha value is -1.83. The highest BCUT2D eigenvalue weighted by Gasteiger charge is 2.26. The fourth-order valence-electron chi connectivity index (χ4n) is 2.89. The molecule has 3 rings (SSSR count). The predicted molar refractivity (Wildman–Crippen MR) is 102 cm³/mol. The molecule has 2 aromatic carbocycles. The third-order valence-corrected chi connectivity index (χ3v) is 4.84. The molecule has 3 heteroatoms. The van der Waals surface area contributed by atoms with Crippen molar-refractivity contribution in [3.05, 3.63) is 80.8 Å². The molecule has 1 atom stereocenters. The average molecular weight is 357 g/mol. The number of Topliss-reactive ketones (excluding diaryl/α,β-unsaturated/α-hetero) is 1. The van der Waals surface area contributed by atoms with Crippen molar-refractivity contribution in [1.82, 2.24) is 0 Å². The van der Waals surface area contributed by atoms with E-state index in [9.17, 15) is 4.79 Å². The van der Waals surface area contributed by atoms with Gasteiger partial charge < -0.3 is 0 Å². The smallest absolute Gasteiger partial charge is 0.185 e. The van der Waals surface area contributed by atoms with Gasteiger partial charge in [-0.2, -0.15) is 0 Å². The Kier molecular flexibility index (Phi) is 5.23. The molecule has 0 heterocycles. The number of benzene rings is 2. The Labute approximate surface area is 152 Å². The molecular weight excluding hydrogens is 339 g/mol. The summed E-state index contributed by atoms with van der Waals surface area (Å²) in [7, 11) is 0. The summed E-state index contributed by atoms with van der Waals surface area (Å²) in [6.07, 6.45) is 5.74. The number of halogens is 2. The second-order valence-corrected chi connectivity index (χ2v) is 7.01. The van der Waals surface area contributed by atoms with Crippen LogP contribution in [0.5, 0.6) is 0 Å². The molecule has 0 amide bonds. The number of hydrogen-bond donors (Lipinski definition) is 0. The molecule has 0 spiro atoms. The monoisotopic (exact) mass is 356 g/mol. The van der Waals surface area contributed by atoms with E-state index in [0.29, 0.717) is 10.0 Å². The molecule has 1 nitrogen and oxygen atoms in total. The molecule has 1 aliphatic rings. The van der Waals surface area contributed by atoms with Crippen LogP contribution in [0, 0.1) is 5.92 Å². The van der Waals surface area contributed by atoms with Crippen molar-refractivity contribution in [2.75, 3.05) is 0 Å². The first-order valence-corrected chi connectivity index (χ1v) is 8.76. The normalized spacial score (nSPS) is 21.5. The van der Waals surface area contributed by atoms with Gasteiger partial charge in [0.2, 0.25) is 0 Å². The second kappa shape index (κ2) is 7.38. The van der Waals surface area contributed by atoms with E-state index in [1.54, 1.807) is 0 Å². The lowest BCUT2D eigenvalue weighted by Gasteiger charge is -2.23. The third kappa shape index (κ3) is 3.98. The molecule has 1 saturated carbocycles. The Bertz CT molecular complexity index is 799. The van der Waals surface area contributed by atoms with Crippen LogP contribution in [0.4, 0.5) is 0 Å². The van der Waals surface area contributed by atoms with E-state index in [1.807, 2.05) is 60.7 Å². The number of ketones is 1. The van der Waals surface area contributed by atoms with E-state index in [0.717, 1.165) is 35.1 Å². The largest absolute Gasteiger partial charge is 0.289 e. The summed E-state index contributed by atoms with van der Waals surface area (Å²) >= 11 is 11.9. The molecule has 1 unspecified atom stereocenters. The number of hydrogen-bond acceptors (Lipinski definition) is 1. The van der Waals surface area contributed by atoms with Crippen LogP contribution in [0.25, 0.3) is 12.2 Å². The van der Waals surface area contributed by atoms with E-state index in [4.69, 9.17) is 23.2 Å². The summed E-state index contributed by atoms with van der Waals surface area (Å²) in [6.45, 7) is 2.11. The SMILES string of the molecule is CC1CC/C(=C/c2ccc(Cl)cc2)C(=O)/C1=C/c1ccc(Cl)cc1. The number of rotatable bonds is 2. The van der Waals surface area contributed by atoms with Crippen LogP contribution >= 0.6 is 23.2 Å². The molecule has 0 saturated heterocycles. The molecular formula is C21H18Cl2O. The zero-order valence-electron chi connectivity index (χ0n) is 13.4. The summed E-state index contributed by atoms with van der Waals surface area (Å²) in [4.78, 5) is 12.9. The molecule has 1 fully saturated rings. The van der Waals surface area contributed by atoms with Crippen molar-refractivity contribution in [3.63, 3.8) is 0 Å². The van der Waals surface area contributed by atoms with Crippen LogP contribution in [0.3, 0.4) is 0 Å². The first-order chi connectivity index (χ1) is 11.5. The van der Waals surface area contributed by atoms with E-state index >= 15 is 0 Å². The summed E-state index contributed by atoms with van der Waals surface area (Å²) < 4.78 is 0. The van der Waals surface area contributed by atoms with Gasteiger partial charge in [-0.15, -0.1) is 0 Å². The topological polar surface area (TPSA) is 17.1 Å². The highest BCUT2D eigenvalue weighted by Crippen LogP contribution is 2.32. The fraction of sp³-hybridized carbons (Fsp3) is 0.190. The molecule has 0 N–H and O–H groups in total. The maximum atomic E-state index is 12.9. The van der Waals surface area contributed by atoms with E-state index < -0.39 is 0 Å². The molecule has 1 aliphatic carbocycles. The van der Waals surface area contributed by atoms with Gasteiger partial charge in [-0.25, -0.2) is 0 Å². The predicted octanol–water partition coefficient (Wildman–Crippen LogP) is 6.46. The van der Waals surface area contributed by atoms with Gasteiger partial charge in [0.1, 0.15) is 0 Å². The minimum absolute atomic E-state index is 0.138. The van der Waals surface area contributed by atoms with Crippen molar-refractivity contribution in [2.24, 2.45) is 5.92 Å². The van der Waals surface area contributed by atoms with Gasteiger partial charge in [0.25, 0.3) is 0 Å².